The highest BCUT2D eigenvalue weighted by atomic mass is 35.5. The van der Waals surface area contributed by atoms with Gasteiger partial charge in [0.15, 0.2) is 16.6 Å². The van der Waals surface area contributed by atoms with Crippen LogP contribution in [0, 0.1) is 10.1 Å². The summed E-state index contributed by atoms with van der Waals surface area (Å²) in [6.45, 7) is 0.443. The summed E-state index contributed by atoms with van der Waals surface area (Å²) in [6, 6.07) is 9.70. The van der Waals surface area contributed by atoms with Gasteiger partial charge in [0.05, 0.1) is 29.9 Å². The van der Waals surface area contributed by atoms with Crippen molar-refractivity contribution in [2.24, 2.45) is 0 Å². The number of nitro benzene ring substituents is 1. The predicted octanol–water partition coefficient (Wildman–Crippen LogP) is 4.09. The Bertz CT molecular complexity index is 832. The van der Waals surface area contributed by atoms with E-state index in [0.717, 1.165) is 5.56 Å². The number of ether oxygens (including phenoxy) is 2. The molecule has 0 amide bonds. The molecule has 138 valence electrons. The Morgan fingerprint density at radius 1 is 1.31 bits per heavy atom. The van der Waals surface area contributed by atoms with Gasteiger partial charge in [0.1, 0.15) is 0 Å². The van der Waals surface area contributed by atoms with Gasteiger partial charge in [-0.05, 0) is 24.4 Å². The molecule has 9 heteroatoms. The molecule has 2 rings (SSSR count). The predicted molar refractivity (Wildman–Crippen MR) is 105 cm³/mol. The molecule has 0 heterocycles. The smallest absolute Gasteiger partial charge is 0.271 e. The number of nitro groups is 1. The lowest BCUT2D eigenvalue weighted by Gasteiger charge is -2.23. The lowest BCUT2D eigenvalue weighted by Crippen LogP contribution is -2.30. The minimum Gasteiger partial charge on any atom is -0.493 e. The zero-order valence-electron chi connectivity index (χ0n) is 14.5. The van der Waals surface area contributed by atoms with Crippen molar-refractivity contribution in [2.45, 2.75) is 6.54 Å². The van der Waals surface area contributed by atoms with Gasteiger partial charge in [-0.3, -0.25) is 10.1 Å². The Morgan fingerprint density at radius 2 is 2.04 bits per heavy atom. The number of halogens is 1. The molecule has 0 atom stereocenters. The number of methoxy groups -OCH3 is 2. The largest absolute Gasteiger partial charge is 0.493 e. The first-order valence-electron chi connectivity index (χ1n) is 7.53. The maximum Gasteiger partial charge on any atom is 0.271 e. The normalized spacial score (nSPS) is 10.2. The van der Waals surface area contributed by atoms with Gasteiger partial charge in [-0.15, -0.1) is 0 Å². The van der Waals surface area contributed by atoms with Crippen molar-refractivity contribution in [3.8, 4) is 11.5 Å². The molecule has 0 spiro atoms. The molecular formula is C17H18ClN3O4S. The van der Waals surface area contributed by atoms with Gasteiger partial charge in [-0.25, -0.2) is 0 Å². The summed E-state index contributed by atoms with van der Waals surface area (Å²) < 4.78 is 10.7. The van der Waals surface area contributed by atoms with Gasteiger partial charge in [0, 0.05) is 31.3 Å². The fourth-order valence-corrected chi connectivity index (χ4v) is 2.68. The Morgan fingerprint density at radius 3 is 2.65 bits per heavy atom. The topological polar surface area (TPSA) is 76.9 Å². The molecule has 0 radical (unpaired) electrons. The minimum atomic E-state index is -0.491. The van der Waals surface area contributed by atoms with Crippen LogP contribution in [-0.4, -0.2) is 36.2 Å². The highest BCUT2D eigenvalue weighted by molar-refractivity contribution is 7.80. The summed E-state index contributed by atoms with van der Waals surface area (Å²) in [4.78, 5) is 12.2. The van der Waals surface area contributed by atoms with E-state index >= 15 is 0 Å². The maximum absolute atomic E-state index is 10.9. The zero-order valence-corrected chi connectivity index (χ0v) is 16.1. The highest BCUT2D eigenvalue weighted by Crippen LogP contribution is 2.32. The first-order chi connectivity index (χ1) is 12.4. The zero-order chi connectivity index (χ0) is 19.3. The number of thiocarbonyl (C=S) groups is 1. The molecule has 26 heavy (non-hydrogen) atoms. The third kappa shape index (κ3) is 4.53. The van der Waals surface area contributed by atoms with Gasteiger partial charge in [0.2, 0.25) is 0 Å². The molecule has 0 aliphatic carbocycles. The quantitative estimate of drug-likeness (QED) is 0.448. The summed E-state index contributed by atoms with van der Waals surface area (Å²) in [5.41, 5.74) is 1.18. The average Bonchev–Trinajstić information content (AvgIpc) is 2.62. The SMILES string of the molecule is COc1cccc(CN(C)C(=S)Nc2cc([N+](=O)[O-])ccc2Cl)c1OC. The second-order valence-corrected chi connectivity index (χ2v) is 6.15. The summed E-state index contributed by atoms with van der Waals surface area (Å²) in [7, 11) is 4.93. The first kappa shape index (κ1) is 19.7. The molecule has 0 aromatic heterocycles. The molecule has 2 aromatic rings. The molecule has 0 saturated carbocycles. The van der Waals surface area contributed by atoms with Crippen LogP contribution in [0.4, 0.5) is 11.4 Å². The van der Waals surface area contributed by atoms with E-state index in [2.05, 4.69) is 5.32 Å². The third-order valence-corrected chi connectivity index (χ3v) is 4.38. The van der Waals surface area contributed by atoms with Crippen LogP contribution < -0.4 is 14.8 Å². The molecule has 2 aromatic carbocycles. The number of para-hydroxylation sites is 1. The molecule has 0 unspecified atom stereocenters. The van der Waals surface area contributed by atoms with Crippen LogP contribution in [0.2, 0.25) is 5.02 Å². The van der Waals surface area contributed by atoms with E-state index < -0.39 is 4.92 Å². The van der Waals surface area contributed by atoms with E-state index in [-0.39, 0.29) is 5.69 Å². The number of hydrogen-bond donors (Lipinski definition) is 1. The standard InChI is InChI=1S/C17H18ClN3O4S/c1-20(10-11-5-4-6-15(24-2)16(11)25-3)17(26)19-14-9-12(21(22)23)7-8-13(14)18/h4-9H,10H2,1-3H3,(H,19,26). The van der Waals surface area contributed by atoms with E-state index in [1.165, 1.54) is 18.2 Å². The molecule has 0 aliphatic rings. The van der Waals surface area contributed by atoms with Crippen LogP contribution in [-0.2, 0) is 6.54 Å². The van der Waals surface area contributed by atoms with Crippen LogP contribution in [0.25, 0.3) is 0 Å². The highest BCUT2D eigenvalue weighted by Gasteiger charge is 2.15. The fraction of sp³-hybridized carbons (Fsp3) is 0.235. The van der Waals surface area contributed by atoms with Crippen LogP contribution in [0.3, 0.4) is 0 Å². The molecular weight excluding hydrogens is 378 g/mol. The molecule has 0 aliphatic heterocycles. The Hall–Kier alpha value is -2.58. The van der Waals surface area contributed by atoms with E-state index in [9.17, 15) is 10.1 Å². The number of benzene rings is 2. The lowest BCUT2D eigenvalue weighted by molar-refractivity contribution is -0.384. The van der Waals surface area contributed by atoms with Crippen molar-refractivity contribution < 1.29 is 14.4 Å². The van der Waals surface area contributed by atoms with Crippen LogP contribution in [0.1, 0.15) is 5.56 Å². The molecule has 0 fully saturated rings. The molecule has 7 nitrogen and oxygen atoms in total. The number of non-ortho nitro benzene ring substituents is 1. The van der Waals surface area contributed by atoms with Crippen molar-refractivity contribution in [1.82, 2.24) is 4.90 Å². The first-order valence-corrected chi connectivity index (χ1v) is 8.32. The Labute approximate surface area is 161 Å². The lowest BCUT2D eigenvalue weighted by atomic mass is 10.1. The number of anilines is 1. The van der Waals surface area contributed by atoms with Gasteiger partial charge in [0.25, 0.3) is 5.69 Å². The van der Waals surface area contributed by atoms with E-state index in [1.54, 1.807) is 26.2 Å². The Balaban J connectivity index is 2.16. The average molecular weight is 396 g/mol. The van der Waals surface area contributed by atoms with Crippen LogP contribution in [0.5, 0.6) is 11.5 Å². The monoisotopic (exact) mass is 395 g/mol. The van der Waals surface area contributed by atoms with Crippen molar-refractivity contribution in [1.29, 1.82) is 0 Å². The van der Waals surface area contributed by atoms with Gasteiger partial charge in [-0.1, -0.05) is 23.7 Å². The fourth-order valence-electron chi connectivity index (χ4n) is 2.34. The van der Waals surface area contributed by atoms with Crippen molar-refractivity contribution in [2.75, 3.05) is 26.6 Å². The molecule has 1 N–H and O–H groups in total. The van der Waals surface area contributed by atoms with E-state index in [4.69, 9.17) is 33.3 Å². The van der Waals surface area contributed by atoms with E-state index in [1.807, 2.05) is 18.2 Å². The third-order valence-electron chi connectivity index (χ3n) is 3.64. The summed E-state index contributed by atoms with van der Waals surface area (Å²) in [6.07, 6.45) is 0. The number of nitrogens with one attached hydrogen (secondary N) is 1. The second-order valence-electron chi connectivity index (χ2n) is 5.36. The van der Waals surface area contributed by atoms with Crippen molar-refractivity contribution in [3.63, 3.8) is 0 Å². The number of nitrogens with zero attached hydrogens (tertiary/aromatic N) is 2. The number of rotatable bonds is 6. The molecule has 0 bridgehead atoms. The summed E-state index contributed by atoms with van der Waals surface area (Å²) in [5.74, 6) is 1.25. The van der Waals surface area contributed by atoms with Gasteiger partial charge >= 0.3 is 0 Å². The maximum atomic E-state index is 10.9. The van der Waals surface area contributed by atoms with Gasteiger partial charge < -0.3 is 19.7 Å². The van der Waals surface area contributed by atoms with Crippen LogP contribution in [0.15, 0.2) is 36.4 Å². The minimum absolute atomic E-state index is 0.0724. The second kappa shape index (κ2) is 8.68. The van der Waals surface area contributed by atoms with Crippen molar-refractivity contribution >= 4 is 40.3 Å². The molecule has 0 saturated heterocycles. The summed E-state index contributed by atoms with van der Waals surface area (Å²) >= 11 is 11.5. The Kier molecular flexibility index (Phi) is 6.59. The number of hydrogen-bond acceptors (Lipinski definition) is 5. The van der Waals surface area contributed by atoms with Gasteiger partial charge in [-0.2, -0.15) is 0 Å². The summed E-state index contributed by atoms with van der Waals surface area (Å²) in [5, 5.41) is 14.6. The van der Waals surface area contributed by atoms with E-state index in [0.29, 0.717) is 33.9 Å². The van der Waals surface area contributed by atoms with Crippen LogP contribution >= 0.6 is 23.8 Å². The van der Waals surface area contributed by atoms with Crippen molar-refractivity contribution in [3.05, 3.63) is 57.1 Å².